The zero-order valence-electron chi connectivity index (χ0n) is 16.8. The van der Waals surface area contributed by atoms with Crippen molar-refractivity contribution in [2.24, 2.45) is 0 Å². The molecule has 0 N–H and O–H groups in total. The maximum atomic E-state index is 5.99. The predicted molar refractivity (Wildman–Crippen MR) is 111 cm³/mol. The molecule has 5 heteroatoms. The van der Waals surface area contributed by atoms with Crippen LogP contribution in [0.1, 0.15) is 17.9 Å². The average molecular weight is 377 g/mol. The quantitative estimate of drug-likeness (QED) is 0.629. The Morgan fingerprint density at radius 2 is 1.89 bits per heavy atom. The Labute approximate surface area is 166 Å². The van der Waals surface area contributed by atoms with E-state index in [2.05, 4.69) is 23.9 Å². The van der Waals surface area contributed by atoms with Gasteiger partial charge in [0.25, 0.3) is 0 Å². The fraction of sp³-hybridized carbons (Fsp3) is 0.348. The molecule has 1 fully saturated rings. The topological polar surface area (TPSA) is 41.7 Å². The van der Waals surface area contributed by atoms with Crippen molar-refractivity contribution < 1.29 is 9.15 Å². The summed E-state index contributed by atoms with van der Waals surface area (Å²) in [5.41, 5.74) is 1.94. The van der Waals surface area contributed by atoms with Crippen molar-refractivity contribution in [3.05, 3.63) is 66.1 Å². The molecule has 1 aliphatic rings. The number of rotatable bonds is 6. The van der Waals surface area contributed by atoms with Gasteiger partial charge >= 0.3 is 0 Å². The summed E-state index contributed by atoms with van der Waals surface area (Å²) < 4.78 is 11.9. The van der Waals surface area contributed by atoms with Crippen molar-refractivity contribution in [2.45, 2.75) is 25.9 Å². The number of likely N-dealkylation sites (N-methyl/N-ethyl adjacent to an activating group) is 1. The number of benzene rings is 2. The van der Waals surface area contributed by atoms with E-state index in [-0.39, 0.29) is 0 Å². The van der Waals surface area contributed by atoms with Crippen LogP contribution in [0.4, 0.5) is 0 Å². The van der Waals surface area contributed by atoms with E-state index in [0.717, 1.165) is 48.2 Å². The van der Waals surface area contributed by atoms with Crippen LogP contribution in [0.15, 0.2) is 59.0 Å². The van der Waals surface area contributed by atoms with Crippen molar-refractivity contribution in [3.8, 4) is 23.0 Å². The lowest BCUT2D eigenvalue weighted by molar-refractivity contribution is 0.262. The SMILES string of the molecule is Cc1oc(-c2cccc(Oc3ccccc3)c2)nc1CN1CCC(N(C)C)C1. The fourth-order valence-electron chi connectivity index (χ4n) is 3.60. The maximum Gasteiger partial charge on any atom is 0.226 e. The molecule has 2 aromatic carbocycles. The molecule has 0 bridgehead atoms. The predicted octanol–water partition coefficient (Wildman–Crippen LogP) is 4.58. The number of para-hydroxylation sites is 1. The van der Waals surface area contributed by atoms with Crippen molar-refractivity contribution in [1.82, 2.24) is 14.8 Å². The summed E-state index contributed by atoms with van der Waals surface area (Å²) in [6.07, 6.45) is 1.20. The van der Waals surface area contributed by atoms with E-state index in [1.54, 1.807) is 0 Å². The fourth-order valence-corrected chi connectivity index (χ4v) is 3.60. The number of hydrogen-bond acceptors (Lipinski definition) is 5. The van der Waals surface area contributed by atoms with Crippen LogP contribution in [0.3, 0.4) is 0 Å². The summed E-state index contributed by atoms with van der Waals surface area (Å²) in [6, 6.07) is 18.3. The number of ether oxygens (including phenoxy) is 1. The van der Waals surface area contributed by atoms with Gasteiger partial charge in [0, 0.05) is 31.2 Å². The molecule has 4 rings (SSSR count). The summed E-state index contributed by atoms with van der Waals surface area (Å²) in [6.45, 7) is 5.01. The Morgan fingerprint density at radius 3 is 2.64 bits per heavy atom. The second kappa shape index (κ2) is 8.17. The minimum Gasteiger partial charge on any atom is -0.457 e. The number of aromatic nitrogens is 1. The molecule has 0 spiro atoms. The summed E-state index contributed by atoms with van der Waals surface area (Å²) in [5.74, 6) is 3.12. The smallest absolute Gasteiger partial charge is 0.226 e. The van der Waals surface area contributed by atoms with Gasteiger partial charge in [0.05, 0.1) is 5.69 Å². The van der Waals surface area contributed by atoms with E-state index in [9.17, 15) is 0 Å². The highest BCUT2D eigenvalue weighted by Crippen LogP contribution is 2.29. The van der Waals surface area contributed by atoms with Gasteiger partial charge in [0.2, 0.25) is 5.89 Å². The van der Waals surface area contributed by atoms with Crippen molar-refractivity contribution in [1.29, 1.82) is 0 Å². The Kier molecular flexibility index (Phi) is 5.46. The Hall–Kier alpha value is -2.63. The molecule has 1 unspecified atom stereocenters. The standard InChI is InChI=1S/C23H27N3O2/c1-17-22(16-26-13-12-19(15-26)25(2)3)24-23(27-17)18-8-7-11-21(14-18)28-20-9-5-4-6-10-20/h4-11,14,19H,12-13,15-16H2,1-3H3. The van der Waals surface area contributed by atoms with Crippen molar-refractivity contribution >= 4 is 0 Å². The van der Waals surface area contributed by atoms with Crippen LogP contribution in [-0.2, 0) is 6.54 Å². The molecule has 1 atom stereocenters. The number of nitrogens with zero attached hydrogens (tertiary/aromatic N) is 3. The number of aryl methyl sites for hydroxylation is 1. The molecule has 28 heavy (non-hydrogen) atoms. The van der Waals surface area contributed by atoms with E-state index in [4.69, 9.17) is 14.1 Å². The molecular formula is C23H27N3O2. The highest BCUT2D eigenvalue weighted by molar-refractivity contribution is 5.57. The van der Waals surface area contributed by atoms with Crippen LogP contribution >= 0.6 is 0 Å². The molecule has 146 valence electrons. The van der Waals surface area contributed by atoms with Crippen LogP contribution in [-0.4, -0.2) is 48.0 Å². The number of oxazole rings is 1. The van der Waals surface area contributed by atoms with Gasteiger partial charge in [-0.1, -0.05) is 24.3 Å². The average Bonchev–Trinajstić information content (AvgIpc) is 3.31. The third-order valence-corrected chi connectivity index (χ3v) is 5.30. The van der Waals surface area contributed by atoms with Crippen molar-refractivity contribution in [3.63, 3.8) is 0 Å². The largest absolute Gasteiger partial charge is 0.457 e. The molecule has 3 aromatic rings. The van der Waals surface area contributed by atoms with Crippen LogP contribution in [0.25, 0.3) is 11.5 Å². The first-order chi connectivity index (χ1) is 13.6. The zero-order valence-corrected chi connectivity index (χ0v) is 16.8. The third-order valence-electron chi connectivity index (χ3n) is 5.30. The minimum atomic E-state index is 0.624. The molecule has 1 aromatic heterocycles. The second-order valence-electron chi connectivity index (χ2n) is 7.61. The summed E-state index contributed by atoms with van der Waals surface area (Å²) in [5, 5.41) is 0. The lowest BCUT2D eigenvalue weighted by Gasteiger charge is -2.19. The maximum absolute atomic E-state index is 5.99. The Bertz CT molecular complexity index is 921. The minimum absolute atomic E-state index is 0.624. The first-order valence-electron chi connectivity index (χ1n) is 9.77. The zero-order chi connectivity index (χ0) is 19.5. The van der Waals surface area contributed by atoms with Crippen molar-refractivity contribution in [2.75, 3.05) is 27.2 Å². The monoisotopic (exact) mass is 377 g/mol. The summed E-state index contributed by atoms with van der Waals surface area (Å²) in [4.78, 5) is 9.54. The molecule has 0 aliphatic carbocycles. The van der Waals surface area contributed by atoms with Gasteiger partial charge in [0.15, 0.2) is 0 Å². The highest BCUT2D eigenvalue weighted by atomic mass is 16.5. The van der Waals surface area contributed by atoms with E-state index in [1.165, 1.54) is 6.42 Å². The van der Waals surface area contributed by atoms with Crippen LogP contribution in [0.2, 0.25) is 0 Å². The van der Waals surface area contributed by atoms with Gasteiger partial charge < -0.3 is 14.1 Å². The first kappa shape index (κ1) is 18.7. The summed E-state index contributed by atoms with van der Waals surface area (Å²) >= 11 is 0. The normalized spacial score (nSPS) is 17.4. The van der Waals surface area contributed by atoms with Gasteiger partial charge in [-0.2, -0.15) is 0 Å². The second-order valence-corrected chi connectivity index (χ2v) is 7.61. The molecule has 0 amide bonds. The number of likely N-dealkylation sites (tertiary alicyclic amines) is 1. The lowest BCUT2D eigenvalue weighted by Crippen LogP contribution is -2.31. The number of hydrogen-bond donors (Lipinski definition) is 0. The van der Waals surface area contributed by atoms with Gasteiger partial charge in [-0.15, -0.1) is 0 Å². The molecule has 1 aliphatic heterocycles. The van der Waals surface area contributed by atoms with Crippen LogP contribution in [0, 0.1) is 6.92 Å². The Morgan fingerprint density at radius 1 is 1.11 bits per heavy atom. The van der Waals surface area contributed by atoms with Crippen LogP contribution in [0.5, 0.6) is 11.5 Å². The van der Waals surface area contributed by atoms with E-state index in [1.807, 2.05) is 61.5 Å². The molecular weight excluding hydrogens is 350 g/mol. The van der Waals surface area contributed by atoms with Crippen LogP contribution < -0.4 is 4.74 Å². The summed E-state index contributed by atoms with van der Waals surface area (Å²) in [7, 11) is 4.30. The first-order valence-corrected chi connectivity index (χ1v) is 9.77. The van der Waals surface area contributed by atoms with Gasteiger partial charge in [-0.25, -0.2) is 4.98 Å². The van der Waals surface area contributed by atoms with E-state index < -0.39 is 0 Å². The Balaban J connectivity index is 1.48. The molecule has 1 saturated heterocycles. The van der Waals surface area contributed by atoms with E-state index in [0.29, 0.717) is 11.9 Å². The van der Waals surface area contributed by atoms with E-state index >= 15 is 0 Å². The molecule has 0 saturated carbocycles. The third kappa shape index (κ3) is 4.26. The van der Waals surface area contributed by atoms with Gasteiger partial charge in [-0.3, -0.25) is 4.90 Å². The lowest BCUT2D eigenvalue weighted by atomic mass is 10.2. The molecule has 0 radical (unpaired) electrons. The molecule has 5 nitrogen and oxygen atoms in total. The van der Waals surface area contributed by atoms with Gasteiger partial charge in [-0.05, 0) is 57.8 Å². The highest BCUT2D eigenvalue weighted by Gasteiger charge is 2.25. The van der Waals surface area contributed by atoms with Gasteiger partial charge in [0.1, 0.15) is 17.3 Å². The molecule has 2 heterocycles.